The highest BCUT2D eigenvalue weighted by Crippen LogP contribution is 2.39. The van der Waals surface area contributed by atoms with Crippen molar-refractivity contribution in [3.8, 4) is 11.1 Å². The van der Waals surface area contributed by atoms with Crippen molar-refractivity contribution >= 4 is 29.7 Å². The van der Waals surface area contributed by atoms with Gasteiger partial charge >= 0.3 is 12.1 Å². The predicted octanol–water partition coefficient (Wildman–Crippen LogP) is 6.10. The Kier molecular flexibility index (Phi) is 12.1. The van der Waals surface area contributed by atoms with Gasteiger partial charge in [0.05, 0.1) is 6.61 Å². The van der Waals surface area contributed by atoms with Crippen LogP contribution in [0, 0.1) is 18.8 Å². The van der Waals surface area contributed by atoms with Crippen LogP contribution in [0.2, 0.25) is 0 Å². The Balaban J connectivity index is 2.08. The number of amides is 2. The second kappa shape index (κ2) is 15.3. The van der Waals surface area contributed by atoms with Crippen LogP contribution in [-0.2, 0) is 15.3 Å². The number of benzene rings is 2. The van der Waals surface area contributed by atoms with E-state index < -0.39 is 29.7 Å². The van der Waals surface area contributed by atoms with E-state index in [-0.39, 0.29) is 18.1 Å². The van der Waals surface area contributed by atoms with Gasteiger partial charge in [-0.1, -0.05) is 69.4 Å². The van der Waals surface area contributed by atoms with Gasteiger partial charge in [-0.25, -0.2) is 9.59 Å². The molecule has 4 N–H and O–H groups in total. The van der Waals surface area contributed by atoms with Crippen LogP contribution >= 0.6 is 11.8 Å². The largest absolute Gasteiger partial charge is 0.480 e. The molecule has 1 fully saturated rings. The van der Waals surface area contributed by atoms with Crippen molar-refractivity contribution in [3.63, 3.8) is 0 Å². The Hall–Kier alpha value is -3.04. The Morgan fingerprint density at radius 3 is 2.44 bits per heavy atom. The summed E-state index contributed by atoms with van der Waals surface area (Å²) in [4.78, 5) is 38.0. The highest BCUT2D eigenvalue weighted by Gasteiger charge is 2.40. The zero-order valence-electron chi connectivity index (χ0n) is 24.6. The molecule has 0 aromatic heterocycles. The van der Waals surface area contributed by atoms with Gasteiger partial charge in [0, 0.05) is 17.0 Å². The molecule has 0 saturated heterocycles. The van der Waals surface area contributed by atoms with Crippen LogP contribution < -0.4 is 10.6 Å². The van der Waals surface area contributed by atoms with E-state index in [1.807, 2.05) is 44.4 Å². The number of carboxylic acids is 1. The maximum atomic E-state index is 13.5. The third-order valence-electron chi connectivity index (χ3n) is 8.05. The molecule has 224 valence electrons. The predicted molar refractivity (Wildman–Crippen MR) is 163 cm³/mol. The Morgan fingerprint density at radius 1 is 1.10 bits per heavy atom. The van der Waals surface area contributed by atoms with Gasteiger partial charge in [-0.3, -0.25) is 10.1 Å². The standard InChI is InChI=1S/C32H44N2O6S/c1-5-40-31(38)34-32(39,22(3)19-23-12-7-6-8-13-23)24-15-16-26(27(20-24)25-14-10-9-11-21(25)2)29(35)33-28(30(36)37)17-18-41-4/h9-11,14-16,20,22-23,28,39H,5-8,12-13,17-19H2,1-4H3,(H,33,35)(H,34,38)(H,36,37)/t22?,28-,32?/m0/s1. The van der Waals surface area contributed by atoms with Crippen molar-refractivity contribution in [2.75, 3.05) is 18.6 Å². The van der Waals surface area contributed by atoms with Crippen molar-refractivity contribution in [1.82, 2.24) is 10.6 Å². The number of nitrogens with one attached hydrogen (secondary N) is 2. The minimum Gasteiger partial charge on any atom is -0.480 e. The molecule has 8 nitrogen and oxygen atoms in total. The Bertz CT molecular complexity index is 1200. The van der Waals surface area contributed by atoms with E-state index in [9.17, 15) is 24.6 Å². The number of hydrogen-bond acceptors (Lipinski definition) is 6. The molecule has 9 heteroatoms. The first-order valence-electron chi connectivity index (χ1n) is 14.5. The van der Waals surface area contributed by atoms with Crippen LogP contribution in [-0.4, -0.2) is 52.8 Å². The molecule has 2 aromatic rings. The molecular formula is C32H44N2O6S. The van der Waals surface area contributed by atoms with Gasteiger partial charge in [-0.15, -0.1) is 0 Å². The summed E-state index contributed by atoms with van der Waals surface area (Å²) in [5.41, 5.74) is 1.19. The Morgan fingerprint density at radius 2 is 1.80 bits per heavy atom. The van der Waals surface area contributed by atoms with Gasteiger partial charge in [-0.05, 0) is 73.4 Å². The molecule has 2 aromatic carbocycles. The number of aliphatic carboxylic acids is 1. The van der Waals surface area contributed by atoms with Crippen LogP contribution in [0.5, 0.6) is 0 Å². The van der Waals surface area contributed by atoms with Crippen molar-refractivity contribution < 1.29 is 29.3 Å². The van der Waals surface area contributed by atoms with E-state index in [1.54, 1.807) is 25.1 Å². The molecule has 0 bridgehead atoms. The highest BCUT2D eigenvalue weighted by atomic mass is 32.2. The van der Waals surface area contributed by atoms with Gasteiger partial charge in [0.2, 0.25) is 0 Å². The molecule has 0 spiro atoms. The molecule has 1 aliphatic carbocycles. The van der Waals surface area contributed by atoms with Crippen molar-refractivity contribution in [1.29, 1.82) is 0 Å². The van der Waals surface area contributed by atoms with E-state index in [1.165, 1.54) is 18.2 Å². The number of ether oxygens (including phenoxy) is 1. The smallest absolute Gasteiger partial charge is 0.409 e. The maximum Gasteiger partial charge on any atom is 0.409 e. The van der Waals surface area contributed by atoms with Gasteiger partial charge in [0.15, 0.2) is 5.72 Å². The van der Waals surface area contributed by atoms with Crippen molar-refractivity contribution in [3.05, 3.63) is 59.2 Å². The maximum absolute atomic E-state index is 13.5. The van der Waals surface area contributed by atoms with Crippen LogP contribution in [0.25, 0.3) is 11.1 Å². The number of carboxylic acid groups (broad SMARTS) is 1. The first kappa shape index (κ1) is 32.5. The quantitative estimate of drug-likeness (QED) is 0.210. The highest BCUT2D eigenvalue weighted by molar-refractivity contribution is 7.98. The molecule has 0 radical (unpaired) electrons. The lowest BCUT2D eigenvalue weighted by Crippen LogP contribution is -2.51. The van der Waals surface area contributed by atoms with Gasteiger partial charge in [0.25, 0.3) is 5.91 Å². The van der Waals surface area contributed by atoms with Crippen molar-refractivity contribution in [2.24, 2.45) is 11.8 Å². The number of carbonyl (C=O) groups excluding carboxylic acids is 2. The SMILES string of the molecule is CCOC(=O)NC(O)(c1ccc(C(=O)N[C@@H](CCSC)C(=O)O)c(-c2ccccc2C)c1)C(C)CC1CCCCC1. The zero-order valence-corrected chi connectivity index (χ0v) is 25.4. The molecule has 0 heterocycles. The second-order valence-electron chi connectivity index (χ2n) is 11.0. The van der Waals surface area contributed by atoms with Crippen LogP contribution in [0.3, 0.4) is 0 Å². The number of aryl methyl sites for hydroxylation is 1. The van der Waals surface area contributed by atoms with E-state index >= 15 is 0 Å². The fourth-order valence-electron chi connectivity index (χ4n) is 5.70. The number of rotatable bonds is 13. The first-order valence-corrected chi connectivity index (χ1v) is 15.9. The number of hydrogen-bond donors (Lipinski definition) is 4. The van der Waals surface area contributed by atoms with Gasteiger partial charge < -0.3 is 20.3 Å². The summed E-state index contributed by atoms with van der Waals surface area (Å²) in [6.45, 7) is 5.72. The average Bonchev–Trinajstić information content (AvgIpc) is 2.95. The molecule has 3 atom stereocenters. The van der Waals surface area contributed by atoms with Crippen LogP contribution in [0.4, 0.5) is 4.79 Å². The monoisotopic (exact) mass is 584 g/mol. The summed E-state index contributed by atoms with van der Waals surface area (Å²) in [5.74, 6) is -0.912. The number of aliphatic hydroxyl groups is 1. The minimum atomic E-state index is -1.75. The third kappa shape index (κ3) is 8.49. The first-order chi connectivity index (χ1) is 19.6. The summed E-state index contributed by atoms with van der Waals surface area (Å²) in [5, 5.41) is 27.3. The molecule has 1 aliphatic rings. The van der Waals surface area contributed by atoms with Gasteiger partial charge in [-0.2, -0.15) is 11.8 Å². The second-order valence-corrected chi connectivity index (χ2v) is 12.0. The molecule has 3 rings (SSSR count). The molecule has 41 heavy (non-hydrogen) atoms. The van der Waals surface area contributed by atoms with E-state index in [0.717, 1.165) is 43.2 Å². The third-order valence-corrected chi connectivity index (χ3v) is 8.69. The summed E-state index contributed by atoms with van der Waals surface area (Å²) in [6, 6.07) is 11.5. The lowest BCUT2D eigenvalue weighted by atomic mass is 9.77. The van der Waals surface area contributed by atoms with Gasteiger partial charge in [0.1, 0.15) is 6.04 Å². The van der Waals surface area contributed by atoms with Crippen LogP contribution in [0.1, 0.15) is 80.3 Å². The fourth-order valence-corrected chi connectivity index (χ4v) is 6.17. The molecule has 0 aliphatic heterocycles. The van der Waals surface area contributed by atoms with E-state index in [0.29, 0.717) is 29.2 Å². The fraction of sp³-hybridized carbons (Fsp3) is 0.531. The average molecular weight is 585 g/mol. The molecule has 1 saturated carbocycles. The Labute approximate surface area is 247 Å². The molecule has 2 unspecified atom stereocenters. The summed E-state index contributed by atoms with van der Waals surface area (Å²) < 4.78 is 5.16. The lowest BCUT2D eigenvalue weighted by molar-refractivity contribution is -0.139. The molecular weight excluding hydrogens is 540 g/mol. The van der Waals surface area contributed by atoms with Crippen LogP contribution in [0.15, 0.2) is 42.5 Å². The normalized spacial score (nSPS) is 16.7. The topological polar surface area (TPSA) is 125 Å². The number of carbonyl (C=O) groups is 3. The van der Waals surface area contributed by atoms with E-state index in [2.05, 4.69) is 10.6 Å². The molecule has 2 amide bonds. The summed E-state index contributed by atoms with van der Waals surface area (Å²) >= 11 is 1.51. The number of thioether (sulfide) groups is 1. The zero-order chi connectivity index (χ0) is 30.0. The lowest BCUT2D eigenvalue weighted by Gasteiger charge is -2.38. The number of alkyl carbamates (subject to hydrolysis) is 1. The minimum absolute atomic E-state index is 0.160. The summed E-state index contributed by atoms with van der Waals surface area (Å²) in [6.07, 6.45) is 7.91. The summed E-state index contributed by atoms with van der Waals surface area (Å²) in [7, 11) is 0. The van der Waals surface area contributed by atoms with Crippen molar-refractivity contribution in [2.45, 2.75) is 77.5 Å². The van der Waals surface area contributed by atoms with E-state index in [4.69, 9.17) is 4.74 Å².